The average molecular weight is 238 g/mol. The summed E-state index contributed by atoms with van der Waals surface area (Å²) in [6.45, 7) is 6.79. The van der Waals surface area contributed by atoms with Gasteiger partial charge in [-0.2, -0.15) is 0 Å². The second-order valence-corrected chi connectivity index (χ2v) is 5.38. The molecule has 1 N–H and O–H groups in total. The van der Waals surface area contributed by atoms with Gasteiger partial charge in [-0.1, -0.05) is 6.08 Å². The van der Waals surface area contributed by atoms with E-state index < -0.39 is 0 Å². The largest absolute Gasteiger partial charge is 0.377 e. The van der Waals surface area contributed by atoms with Crippen LogP contribution in [-0.2, 0) is 4.74 Å². The first kappa shape index (κ1) is 11.8. The standard InChI is InChI=1S/C12H18N2OS/c1-9-6-14-12(16-9)10(2)13-7-11-4-3-5-15-8-11/h4,6,10,13H,3,5,7-8H2,1-2H3. The number of hydrogen-bond donors (Lipinski definition) is 1. The third kappa shape index (κ3) is 3.14. The predicted molar refractivity (Wildman–Crippen MR) is 66.8 cm³/mol. The first-order chi connectivity index (χ1) is 7.75. The Balaban J connectivity index is 1.83. The van der Waals surface area contributed by atoms with E-state index in [9.17, 15) is 0 Å². The van der Waals surface area contributed by atoms with Gasteiger partial charge in [-0.15, -0.1) is 11.3 Å². The monoisotopic (exact) mass is 238 g/mol. The highest BCUT2D eigenvalue weighted by Crippen LogP contribution is 2.19. The van der Waals surface area contributed by atoms with E-state index in [1.165, 1.54) is 10.5 Å². The summed E-state index contributed by atoms with van der Waals surface area (Å²) in [5.41, 5.74) is 1.35. The number of thiazole rings is 1. The van der Waals surface area contributed by atoms with Gasteiger partial charge < -0.3 is 10.1 Å². The summed E-state index contributed by atoms with van der Waals surface area (Å²) in [5.74, 6) is 0. The number of rotatable bonds is 4. The van der Waals surface area contributed by atoms with Crippen LogP contribution in [0.2, 0.25) is 0 Å². The number of aromatic nitrogens is 1. The summed E-state index contributed by atoms with van der Waals surface area (Å²) in [6, 6.07) is 0.321. The normalized spacial score (nSPS) is 18.2. The number of ether oxygens (including phenoxy) is 1. The van der Waals surface area contributed by atoms with Crippen molar-refractivity contribution in [2.75, 3.05) is 19.8 Å². The van der Waals surface area contributed by atoms with Gasteiger partial charge in [0.15, 0.2) is 0 Å². The minimum Gasteiger partial charge on any atom is -0.377 e. The molecule has 0 fully saturated rings. The maximum atomic E-state index is 5.40. The molecule has 0 saturated carbocycles. The first-order valence-electron chi connectivity index (χ1n) is 5.67. The molecule has 1 aliphatic heterocycles. The summed E-state index contributed by atoms with van der Waals surface area (Å²) in [7, 11) is 0. The highest BCUT2D eigenvalue weighted by atomic mass is 32.1. The summed E-state index contributed by atoms with van der Waals surface area (Å²) < 4.78 is 5.40. The van der Waals surface area contributed by atoms with Gasteiger partial charge in [-0.25, -0.2) is 4.98 Å². The molecule has 1 aromatic heterocycles. The Morgan fingerprint density at radius 2 is 2.50 bits per heavy atom. The Kier molecular flexibility index (Phi) is 4.09. The van der Waals surface area contributed by atoms with Gasteiger partial charge in [-0.05, 0) is 25.8 Å². The Morgan fingerprint density at radius 1 is 1.62 bits per heavy atom. The van der Waals surface area contributed by atoms with E-state index in [0.717, 1.165) is 31.2 Å². The zero-order valence-electron chi connectivity index (χ0n) is 9.82. The lowest BCUT2D eigenvalue weighted by Gasteiger charge is -2.16. The lowest BCUT2D eigenvalue weighted by Crippen LogP contribution is -2.24. The number of aryl methyl sites for hydroxylation is 1. The van der Waals surface area contributed by atoms with E-state index in [2.05, 4.69) is 30.2 Å². The van der Waals surface area contributed by atoms with Crippen LogP contribution in [-0.4, -0.2) is 24.7 Å². The molecule has 2 rings (SSSR count). The molecule has 3 nitrogen and oxygen atoms in total. The topological polar surface area (TPSA) is 34.2 Å². The highest BCUT2D eigenvalue weighted by Gasteiger charge is 2.10. The average Bonchev–Trinajstić information content (AvgIpc) is 2.74. The molecule has 0 saturated heterocycles. The molecule has 1 aliphatic rings. The zero-order valence-corrected chi connectivity index (χ0v) is 10.6. The minimum absolute atomic E-state index is 0.321. The second kappa shape index (κ2) is 5.57. The summed E-state index contributed by atoms with van der Waals surface area (Å²) in [5, 5.41) is 4.64. The van der Waals surface area contributed by atoms with Crippen LogP contribution in [0.5, 0.6) is 0 Å². The number of nitrogens with zero attached hydrogens (tertiary/aromatic N) is 1. The minimum atomic E-state index is 0.321. The Hall–Kier alpha value is -0.710. The molecule has 0 bridgehead atoms. The van der Waals surface area contributed by atoms with Crippen LogP contribution in [0.25, 0.3) is 0 Å². The second-order valence-electron chi connectivity index (χ2n) is 4.12. The van der Waals surface area contributed by atoms with Crippen LogP contribution in [0.4, 0.5) is 0 Å². The molecule has 2 heterocycles. The third-order valence-corrected chi connectivity index (χ3v) is 3.72. The lowest BCUT2D eigenvalue weighted by molar-refractivity contribution is 0.148. The van der Waals surface area contributed by atoms with Gasteiger partial charge in [0.1, 0.15) is 5.01 Å². The SMILES string of the molecule is Cc1cnc(C(C)NCC2=CCCOC2)s1. The van der Waals surface area contributed by atoms with E-state index in [-0.39, 0.29) is 0 Å². The van der Waals surface area contributed by atoms with Gasteiger partial charge in [0.2, 0.25) is 0 Å². The molecule has 1 aromatic rings. The zero-order chi connectivity index (χ0) is 11.4. The summed E-state index contributed by atoms with van der Waals surface area (Å²) in [6.07, 6.45) is 5.25. The molecule has 1 atom stereocenters. The Labute approximate surface area is 101 Å². The van der Waals surface area contributed by atoms with Crippen molar-refractivity contribution in [2.24, 2.45) is 0 Å². The fraction of sp³-hybridized carbons (Fsp3) is 0.583. The van der Waals surface area contributed by atoms with Gasteiger partial charge in [-0.3, -0.25) is 0 Å². The molecule has 16 heavy (non-hydrogen) atoms. The summed E-state index contributed by atoms with van der Waals surface area (Å²) >= 11 is 1.76. The van der Waals surface area contributed by atoms with E-state index >= 15 is 0 Å². The molecule has 1 unspecified atom stereocenters. The molecule has 0 aromatic carbocycles. The van der Waals surface area contributed by atoms with Gasteiger partial charge >= 0.3 is 0 Å². The molecule has 88 valence electrons. The van der Waals surface area contributed by atoms with Gasteiger partial charge in [0.05, 0.1) is 19.3 Å². The van der Waals surface area contributed by atoms with Crippen LogP contribution in [0.3, 0.4) is 0 Å². The van der Waals surface area contributed by atoms with Crippen molar-refractivity contribution in [2.45, 2.75) is 26.3 Å². The molecule has 4 heteroatoms. The van der Waals surface area contributed by atoms with E-state index in [4.69, 9.17) is 4.74 Å². The fourth-order valence-corrected chi connectivity index (χ4v) is 2.48. The fourth-order valence-electron chi connectivity index (χ4n) is 1.68. The molecule has 0 radical (unpaired) electrons. The summed E-state index contributed by atoms with van der Waals surface area (Å²) in [4.78, 5) is 5.65. The molecule has 0 aliphatic carbocycles. The van der Waals surface area contributed by atoms with Crippen molar-refractivity contribution in [3.8, 4) is 0 Å². The maximum absolute atomic E-state index is 5.40. The van der Waals surface area contributed by atoms with Crippen molar-refractivity contribution in [3.05, 3.63) is 27.7 Å². The van der Waals surface area contributed by atoms with Crippen LogP contribution in [0.15, 0.2) is 17.8 Å². The highest BCUT2D eigenvalue weighted by molar-refractivity contribution is 7.11. The number of hydrogen-bond acceptors (Lipinski definition) is 4. The van der Waals surface area contributed by atoms with Crippen molar-refractivity contribution in [1.29, 1.82) is 0 Å². The molecule has 0 amide bonds. The van der Waals surface area contributed by atoms with Gasteiger partial charge in [0.25, 0.3) is 0 Å². The van der Waals surface area contributed by atoms with Crippen LogP contribution >= 0.6 is 11.3 Å². The predicted octanol–water partition coefficient (Wildman–Crippen LogP) is 2.45. The smallest absolute Gasteiger partial charge is 0.109 e. The van der Waals surface area contributed by atoms with Crippen LogP contribution in [0.1, 0.15) is 29.3 Å². The van der Waals surface area contributed by atoms with Crippen molar-refractivity contribution in [3.63, 3.8) is 0 Å². The number of nitrogens with one attached hydrogen (secondary N) is 1. The van der Waals surface area contributed by atoms with Crippen molar-refractivity contribution >= 4 is 11.3 Å². The van der Waals surface area contributed by atoms with Gasteiger partial charge in [0, 0.05) is 17.6 Å². The molecular weight excluding hydrogens is 220 g/mol. The lowest BCUT2D eigenvalue weighted by atomic mass is 10.2. The Morgan fingerprint density at radius 3 is 3.12 bits per heavy atom. The van der Waals surface area contributed by atoms with Crippen molar-refractivity contribution < 1.29 is 4.74 Å². The van der Waals surface area contributed by atoms with E-state index in [1.807, 2.05) is 6.20 Å². The third-order valence-electron chi connectivity index (χ3n) is 2.63. The van der Waals surface area contributed by atoms with Crippen LogP contribution in [0, 0.1) is 6.92 Å². The molecule has 0 spiro atoms. The van der Waals surface area contributed by atoms with Crippen LogP contribution < -0.4 is 5.32 Å². The Bertz CT molecular complexity index is 373. The van der Waals surface area contributed by atoms with E-state index in [1.54, 1.807) is 11.3 Å². The first-order valence-corrected chi connectivity index (χ1v) is 6.48. The van der Waals surface area contributed by atoms with Crippen molar-refractivity contribution in [1.82, 2.24) is 10.3 Å². The molecular formula is C12H18N2OS. The van der Waals surface area contributed by atoms with E-state index in [0.29, 0.717) is 6.04 Å². The maximum Gasteiger partial charge on any atom is 0.109 e. The quantitative estimate of drug-likeness (QED) is 0.818.